The molecular formula is C17H27NO2. The van der Waals surface area contributed by atoms with Crippen LogP contribution in [-0.4, -0.2) is 25.9 Å². The zero-order chi connectivity index (χ0) is 14.2. The van der Waals surface area contributed by atoms with E-state index in [4.69, 9.17) is 9.47 Å². The molecular weight excluding hydrogens is 250 g/mol. The topological polar surface area (TPSA) is 30.5 Å². The van der Waals surface area contributed by atoms with Crippen molar-refractivity contribution in [3.8, 4) is 0 Å². The first kappa shape index (κ1) is 15.5. The lowest BCUT2D eigenvalue weighted by Gasteiger charge is -2.14. The lowest BCUT2D eigenvalue weighted by Crippen LogP contribution is -2.20. The standard InChI is InChI=1S/C17H27NO2/c1-14(2)10-18-11-15-6-3-4-7-16(15)12-19-13-17-8-5-9-20-17/h3-4,6-7,14,17-18H,5,8-13H2,1-2H3. The highest BCUT2D eigenvalue weighted by molar-refractivity contribution is 5.26. The molecule has 0 spiro atoms. The Morgan fingerprint density at radius 2 is 2.10 bits per heavy atom. The maximum Gasteiger partial charge on any atom is 0.0809 e. The molecule has 1 aliphatic rings. The van der Waals surface area contributed by atoms with E-state index >= 15 is 0 Å². The lowest BCUT2D eigenvalue weighted by molar-refractivity contribution is 0.0104. The quantitative estimate of drug-likeness (QED) is 0.792. The molecule has 1 heterocycles. The Labute approximate surface area is 122 Å². The van der Waals surface area contributed by atoms with Crippen LogP contribution < -0.4 is 5.32 Å². The van der Waals surface area contributed by atoms with Crippen molar-refractivity contribution in [2.24, 2.45) is 5.92 Å². The van der Waals surface area contributed by atoms with E-state index in [-0.39, 0.29) is 0 Å². The summed E-state index contributed by atoms with van der Waals surface area (Å²) < 4.78 is 11.4. The lowest BCUT2D eigenvalue weighted by atomic mass is 10.1. The molecule has 0 aromatic heterocycles. The molecule has 1 unspecified atom stereocenters. The minimum Gasteiger partial charge on any atom is -0.376 e. The van der Waals surface area contributed by atoms with Crippen LogP contribution >= 0.6 is 0 Å². The molecule has 1 aromatic rings. The van der Waals surface area contributed by atoms with E-state index in [9.17, 15) is 0 Å². The first-order valence-corrected chi connectivity index (χ1v) is 7.72. The summed E-state index contributed by atoms with van der Waals surface area (Å²) in [6, 6.07) is 8.51. The van der Waals surface area contributed by atoms with Crippen LogP contribution in [0.5, 0.6) is 0 Å². The van der Waals surface area contributed by atoms with Gasteiger partial charge in [-0.1, -0.05) is 38.1 Å². The number of rotatable bonds is 8. The Kier molecular flexibility index (Phi) is 6.51. The summed E-state index contributed by atoms with van der Waals surface area (Å²) in [5.41, 5.74) is 2.61. The van der Waals surface area contributed by atoms with Crippen molar-refractivity contribution in [2.45, 2.75) is 45.9 Å². The predicted molar refractivity (Wildman–Crippen MR) is 81.6 cm³/mol. The van der Waals surface area contributed by atoms with Crippen molar-refractivity contribution < 1.29 is 9.47 Å². The van der Waals surface area contributed by atoms with Crippen molar-refractivity contribution in [3.63, 3.8) is 0 Å². The first-order valence-electron chi connectivity index (χ1n) is 7.72. The maximum atomic E-state index is 5.82. The van der Waals surface area contributed by atoms with E-state index in [0.717, 1.165) is 26.1 Å². The predicted octanol–water partition coefficient (Wildman–Crippen LogP) is 3.13. The smallest absolute Gasteiger partial charge is 0.0809 e. The molecule has 1 saturated heterocycles. The molecule has 1 fully saturated rings. The third-order valence-electron chi connectivity index (χ3n) is 3.57. The van der Waals surface area contributed by atoms with E-state index < -0.39 is 0 Å². The third kappa shape index (κ3) is 5.23. The highest BCUT2D eigenvalue weighted by atomic mass is 16.5. The van der Waals surface area contributed by atoms with Gasteiger partial charge in [0.2, 0.25) is 0 Å². The summed E-state index contributed by atoms with van der Waals surface area (Å²) in [6.45, 7) is 8.70. The minimum absolute atomic E-state index is 0.307. The van der Waals surface area contributed by atoms with Crippen LogP contribution in [0.25, 0.3) is 0 Å². The van der Waals surface area contributed by atoms with Crippen molar-refractivity contribution in [1.82, 2.24) is 5.32 Å². The largest absolute Gasteiger partial charge is 0.376 e. The molecule has 1 N–H and O–H groups in total. The summed E-state index contributed by atoms with van der Waals surface area (Å²) in [4.78, 5) is 0. The number of benzene rings is 1. The molecule has 0 amide bonds. The van der Waals surface area contributed by atoms with Gasteiger partial charge in [0.1, 0.15) is 0 Å². The summed E-state index contributed by atoms with van der Waals surface area (Å²) in [6.07, 6.45) is 2.61. The second kappa shape index (κ2) is 8.40. The number of hydrogen-bond acceptors (Lipinski definition) is 3. The Bertz CT molecular complexity index is 386. The van der Waals surface area contributed by atoms with E-state index in [2.05, 4.69) is 43.4 Å². The van der Waals surface area contributed by atoms with Gasteiger partial charge in [0.05, 0.1) is 19.3 Å². The average molecular weight is 277 g/mol. The van der Waals surface area contributed by atoms with Crippen LogP contribution in [0.15, 0.2) is 24.3 Å². The molecule has 0 radical (unpaired) electrons. The second-order valence-corrected chi connectivity index (χ2v) is 5.94. The van der Waals surface area contributed by atoms with Crippen LogP contribution in [0, 0.1) is 5.92 Å². The van der Waals surface area contributed by atoms with Gasteiger partial charge in [-0.3, -0.25) is 0 Å². The van der Waals surface area contributed by atoms with Gasteiger partial charge in [-0.15, -0.1) is 0 Å². The monoisotopic (exact) mass is 277 g/mol. The van der Waals surface area contributed by atoms with E-state index in [1.165, 1.54) is 17.5 Å². The Balaban J connectivity index is 1.77. The number of ether oxygens (including phenoxy) is 2. The second-order valence-electron chi connectivity index (χ2n) is 5.94. The summed E-state index contributed by atoms with van der Waals surface area (Å²) in [5, 5.41) is 3.49. The molecule has 1 aromatic carbocycles. The Morgan fingerprint density at radius 3 is 2.80 bits per heavy atom. The first-order chi connectivity index (χ1) is 9.75. The molecule has 3 heteroatoms. The van der Waals surface area contributed by atoms with Crippen molar-refractivity contribution >= 4 is 0 Å². The molecule has 1 atom stereocenters. The fraction of sp³-hybridized carbons (Fsp3) is 0.647. The van der Waals surface area contributed by atoms with Gasteiger partial charge in [-0.05, 0) is 36.4 Å². The minimum atomic E-state index is 0.307. The molecule has 0 bridgehead atoms. The van der Waals surface area contributed by atoms with Crippen LogP contribution in [0.2, 0.25) is 0 Å². The highest BCUT2D eigenvalue weighted by Crippen LogP contribution is 2.14. The van der Waals surface area contributed by atoms with Crippen LogP contribution in [0.4, 0.5) is 0 Å². The van der Waals surface area contributed by atoms with E-state index in [1.807, 2.05) is 0 Å². The van der Waals surface area contributed by atoms with E-state index in [0.29, 0.717) is 25.2 Å². The van der Waals surface area contributed by atoms with Crippen LogP contribution in [0.1, 0.15) is 37.8 Å². The number of nitrogens with one attached hydrogen (secondary N) is 1. The molecule has 112 valence electrons. The zero-order valence-electron chi connectivity index (χ0n) is 12.7. The fourth-order valence-electron chi connectivity index (χ4n) is 2.44. The highest BCUT2D eigenvalue weighted by Gasteiger charge is 2.15. The van der Waals surface area contributed by atoms with Gasteiger partial charge in [0, 0.05) is 13.2 Å². The summed E-state index contributed by atoms with van der Waals surface area (Å²) in [7, 11) is 0. The molecule has 0 saturated carbocycles. The third-order valence-corrected chi connectivity index (χ3v) is 3.57. The Hall–Kier alpha value is -0.900. The van der Waals surface area contributed by atoms with Crippen molar-refractivity contribution in [2.75, 3.05) is 19.8 Å². The number of hydrogen-bond donors (Lipinski definition) is 1. The van der Waals surface area contributed by atoms with Gasteiger partial charge in [0.25, 0.3) is 0 Å². The van der Waals surface area contributed by atoms with Crippen LogP contribution in [-0.2, 0) is 22.6 Å². The maximum absolute atomic E-state index is 5.82. The molecule has 0 aliphatic carbocycles. The van der Waals surface area contributed by atoms with Crippen molar-refractivity contribution in [1.29, 1.82) is 0 Å². The van der Waals surface area contributed by atoms with Gasteiger partial charge < -0.3 is 14.8 Å². The van der Waals surface area contributed by atoms with Gasteiger partial charge in [0.15, 0.2) is 0 Å². The molecule has 3 nitrogen and oxygen atoms in total. The van der Waals surface area contributed by atoms with E-state index in [1.54, 1.807) is 0 Å². The summed E-state index contributed by atoms with van der Waals surface area (Å²) in [5.74, 6) is 0.679. The summed E-state index contributed by atoms with van der Waals surface area (Å²) >= 11 is 0. The molecule has 20 heavy (non-hydrogen) atoms. The Morgan fingerprint density at radius 1 is 1.30 bits per heavy atom. The normalized spacial score (nSPS) is 18.9. The van der Waals surface area contributed by atoms with Gasteiger partial charge in [-0.2, -0.15) is 0 Å². The van der Waals surface area contributed by atoms with Crippen molar-refractivity contribution in [3.05, 3.63) is 35.4 Å². The average Bonchev–Trinajstić information content (AvgIpc) is 2.93. The zero-order valence-corrected chi connectivity index (χ0v) is 12.7. The fourth-order valence-corrected chi connectivity index (χ4v) is 2.44. The SMILES string of the molecule is CC(C)CNCc1ccccc1COCC1CCCO1. The van der Waals surface area contributed by atoms with Gasteiger partial charge in [-0.25, -0.2) is 0 Å². The molecule has 1 aliphatic heterocycles. The van der Waals surface area contributed by atoms with Gasteiger partial charge >= 0.3 is 0 Å². The molecule has 2 rings (SSSR count). The van der Waals surface area contributed by atoms with Crippen LogP contribution in [0.3, 0.4) is 0 Å².